The summed E-state index contributed by atoms with van der Waals surface area (Å²) in [4.78, 5) is 45.0. The molecule has 1 fully saturated rings. The molecule has 0 unspecified atom stereocenters. The van der Waals surface area contributed by atoms with Gasteiger partial charge in [0.05, 0.1) is 13.0 Å². The van der Waals surface area contributed by atoms with Crippen LogP contribution in [0, 0.1) is 5.41 Å². The fraction of sp³-hybridized carbons (Fsp3) is 0.421. The second kappa shape index (κ2) is 11.4. The van der Waals surface area contributed by atoms with E-state index in [4.69, 9.17) is 25.8 Å². The van der Waals surface area contributed by atoms with E-state index in [0.717, 1.165) is 6.92 Å². The number of nitrogens with two attached hydrogens (primary N) is 1. The van der Waals surface area contributed by atoms with Gasteiger partial charge in [-0.05, 0) is 12.5 Å². The molecular formula is C19H27N5O6. The Morgan fingerprint density at radius 3 is 2.37 bits per heavy atom. The lowest BCUT2D eigenvalue weighted by Gasteiger charge is -2.28. The van der Waals surface area contributed by atoms with E-state index in [-0.39, 0.29) is 31.3 Å². The molecule has 30 heavy (non-hydrogen) atoms. The van der Waals surface area contributed by atoms with Crippen molar-refractivity contribution in [2.75, 3.05) is 19.7 Å². The van der Waals surface area contributed by atoms with Crippen molar-refractivity contribution in [1.29, 1.82) is 5.41 Å². The number of esters is 1. The Morgan fingerprint density at radius 2 is 1.90 bits per heavy atom. The van der Waals surface area contributed by atoms with Crippen molar-refractivity contribution in [2.24, 2.45) is 5.73 Å². The molecule has 1 aliphatic heterocycles. The molecule has 0 aliphatic carbocycles. The highest BCUT2D eigenvalue weighted by atomic mass is 16.5. The largest absolute Gasteiger partial charge is 0.481 e. The molecule has 0 spiro atoms. The van der Waals surface area contributed by atoms with Gasteiger partial charge < -0.3 is 31.5 Å². The number of carboxylic acids is 1. The number of amidine groups is 1. The minimum atomic E-state index is -1.21. The number of hydrogen-bond acceptors (Lipinski definition) is 6. The summed E-state index contributed by atoms with van der Waals surface area (Å²) < 4.78 is 4.79. The van der Waals surface area contributed by atoms with Gasteiger partial charge in [-0.1, -0.05) is 24.3 Å². The summed E-state index contributed by atoms with van der Waals surface area (Å²) in [6.45, 7) is 3.60. The van der Waals surface area contributed by atoms with Gasteiger partial charge in [0.15, 0.2) is 0 Å². The fourth-order valence-electron chi connectivity index (χ4n) is 2.78. The summed E-state index contributed by atoms with van der Waals surface area (Å²) in [5.74, 6) is -1.62. The zero-order valence-electron chi connectivity index (χ0n) is 16.9. The van der Waals surface area contributed by atoms with Gasteiger partial charge in [0.25, 0.3) is 11.9 Å². The van der Waals surface area contributed by atoms with Gasteiger partial charge in [0.2, 0.25) is 0 Å². The quantitative estimate of drug-likeness (QED) is 0.204. The minimum absolute atomic E-state index is 0.0494. The van der Waals surface area contributed by atoms with Gasteiger partial charge in [0.1, 0.15) is 11.4 Å². The highest BCUT2D eigenvalue weighted by Crippen LogP contribution is 2.29. The number of carbonyl (C=O) groups excluding carboxylic acids is 3. The van der Waals surface area contributed by atoms with Crippen LogP contribution in [-0.2, 0) is 24.7 Å². The number of urea groups is 1. The minimum Gasteiger partial charge on any atom is -0.481 e. The van der Waals surface area contributed by atoms with Gasteiger partial charge in [-0.3, -0.25) is 19.8 Å². The van der Waals surface area contributed by atoms with Crippen LogP contribution in [0.15, 0.2) is 24.3 Å². The van der Waals surface area contributed by atoms with E-state index in [0.29, 0.717) is 24.1 Å². The summed E-state index contributed by atoms with van der Waals surface area (Å²) in [5, 5.41) is 22.8. The normalized spacial score (nSPS) is 17.1. The van der Waals surface area contributed by atoms with Crippen LogP contribution in [0.4, 0.5) is 4.79 Å². The summed E-state index contributed by atoms with van der Waals surface area (Å²) in [5.41, 5.74) is 5.36. The van der Waals surface area contributed by atoms with Crippen molar-refractivity contribution < 1.29 is 29.0 Å². The number of carboxylic acid groups (broad SMARTS) is 1. The molecule has 11 nitrogen and oxygen atoms in total. The zero-order valence-corrected chi connectivity index (χ0v) is 16.9. The molecule has 11 heteroatoms. The van der Waals surface area contributed by atoms with E-state index < -0.39 is 23.5 Å². The van der Waals surface area contributed by atoms with Crippen LogP contribution in [0.5, 0.6) is 0 Å². The first-order valence-electron chi connectivity index (χ1n) is 9.26. The SMILES string of the molecule is CC(=O)O.CCOC(=O)CCNC(=O)N[C@]1(c2ccc(C(=N)N)cc2)CCNC1=O. The molecule has 0 radical (unpaired) electrons. The molecule has 1 saturated heterocycles. The number of rotatable bonds is 7. The molecule has 7 N–H and O–H groups in total. The maximum absolute atomic E-state index is 12.4. The van der Waals surface area contributed by atoms with E-state index in [1.54, 1.807) is 31.2 Å². The van der Waals surface area contributed by atoms with Crippen LogP contribution >= 0.6 is 0 Å². The molecule has 164 valence electrons. The molecule has 1 aromatic rings. The monoisotopic (exact) mass is 421 g/mol. The number of nitrogens with one attached hydrogen (secondary N) is 4. The smallest absolute Gasteiger partial charge is 0.315 e. The average Bonchev–Trinajstić information content (AvgIpc) is 3.02. The number of aliphatic carboxylic acids is 1. The third kappa shape index (κ3) is 7.08. The van der Waals surface area contributed by atoms with Crippen molar-refractivity contribution in [3.05, 3.63) is 35.4 Å². The lowest BCUT2D eigenvalue weighted by molar-refractivity contribution is -0.143. The van der Waals surface area contributed by atoms with Gasteiger partial charge in [-0.25, -0.2) is 4.79 Å². The molecule has 0 saturated carbocycles. The zero-order chi connectivity index (χ0) is 22.7. The van der Waals surface area contributed by atoms with Crippen LogP contribution in [-0.4, -0.2) is 54.5 Å². The summed E-state index contributed by atoms with van der Waals surface area (Å²) in [7, 11) is 0. The summed E-state index contributed by atoms with van der Waals surface area (Å²) in [6.07, 6.45) is 0.435. The van der Waals surface area contributed by atoms with E-state index in [1.165, 1.54) is 0 Å². The van der Waals surface area contributed by atoms with Crippen LogP contribution < -0.4 is 21.7 Å². The third-order valence-corrected chi connectivity index (χ3v) is 4.11. The van der Waals surface area contributed by atoms with Crippen molar-refractivity contribution in [1.82, 2.24) is 16.0 Å². The molecule has 1 aromatic carbocycles. The molecule has 2 rings (SSSR count). The Balaban J connectivity index is 0.00000103. The summed E-state index contributed by atoms with van der Waals surface area (Å²) in [6, 6.07) is 6.04. The number of hydrogen-bond donors (Lipinski definition) is 6. The maximum Gasteiger partial charge on any atom is 0.315 e. The van der Waals surface area contributed by atoms with Crippen molar-refractivity contribution in [3.8, 4) is 0 Å². The van der Waals surface area contributed by atoms with E-state index in [9.17, 15) is 14.4 Å². The second-order valence-electron chi connectivity index (χ2n) is 6.36. The second-order valence-corrected chi connectivity index (χ2v) is 6.36. The van der Waals surface area contributed by atoms with Crippen LogP contribution in [0.3, 0.4) is 0 Å². The molecule has 3 amide bonds. The first-order chi connectivity index (χ1) is 14.1. The van der Waals surface area contributed by atoms with Crippen LogP contribution in [0.25, 0.3) is 0 Å². The Kier molecular flexibility index (Phi) is 9.27. The van der Waals surface area contributed by atoms with E-state index in [2.05, 4.69) is 16.0 Å². The number of nitrogen functional groups attached to an aromatic ring is 1. The number of carbonyl (C=O) groups is 4. The lowest BCUT2D eigenvalue weighted by atomic mass is 9.87. The molecule has 1 heterocycles. The van der Waals surface area contributed by atoms with Crippen molar-refractivity contribution in [2.45, 2.75) is 32.2 Å². The number of benzene rings is 1. The summed E-state index contributed by atoms with van der Waals surface area (Å²) >= 11 is 0. The van der Waals surface area contributed by atoms with Gasteiger partial charge in [-0.15, -0.1) is 0 Å². The fourth-order valence-corrected chi connectivity index (χ4v) is 2.78. The third-order valence-electron chi connectivity index (χ3n) is 4.11. The predicted molar refractivity (Wildman–Crippen MR) is 108 cm³/mol. The standard InChI is InChI=1S/C17H23N5O4.C2H4O2/c1-2-26-13(23)7-9-21-16(25)22-17(8-10-20-15(17)24)12-5-3-11(4-6-12)14(18)19;1-2(3)4/h3-6H,2,7-10H2,1H3,(H3,18,19)(H,20,24)(H2,21,22,25);1H3,(H,3,4)/t17-;/m0./s1. The first kappa shape index (κ1) is 24.4. The molecule has 1 aliphatic rings. The Morgan fingerprint density at radius 1 is 1.30 bits per heavy atom. The highest BCUT2D eigenvalue weighted by molar-refractivity contribution is 5.96. The predicted octanol–water partition coefficient (Wildman–Crippen LogP) is 0.0292. The maximum atomic E-state index is 12.4. The van der Waals surface area contributed by atoms with Gasteiger partial charge >= 0.3 is 12.0 Å². The molecule has 1 atom stereocenters. The first-order valence-corrected chi connectivity index (χ1v) is 9.26. The Bertz CT molecular complexity index is 791. The molecular weight excluding hydrogens is 394 g/mol. The highest BCUT2D eigenvalue weighted by Gasteiger charge is 2.45. The van der Waals surface area contributed by atoms with Crippen LogP contribution in [0.2, 0.25) is 0 Å². The lowest BCUT2D eigenvalue weighted by Crippen LogP contribution is -2.54. The van der Waals surface area contributed by atoms with E-state index in [1.807, 2.05) is 0 Å². The molecule has 0 bridgehead atoms. The van der Waals surface area contributed by atoms with E-state index >= 15 is 0 Å². The Labute approximate surface area is 173 Å². The van der Waals surface area contributed by atoms with Gasteiger partial charge in [-0.2, -0.15) is 0 Å². The van der Waals surface area contributed by atoms with Crippen molar-refractivity contribution >= 4 is 29.7 Å². The number of amides is 3. The number of ether oxygens (including phenoxy) is 1. The Hall–Kier alpha value is -3.63. The van der Waals surface area contributed by atoms with Crippen LogP contribution in [0.1, 0.15) is 37.8 Å². The van der Waals surface area contributed by atoms with Crippen molar-refractivity contribution in [3.63, 3.8) is 0 Å². The topological polar surface area (TPSA) is 184 Å². The average molecular weight is 421 g/mol. The van der Waals surface area contributed by atoms with Gasteiger partial charge in [0, 0.05) is 32.0 Å². The molecule has 0 aromatic heterocycles.